The third-order valence-electron chi connectivity index (χ3n) is 3.17. The number of nitrogens with zero attached hydrogens (tertiary/aromatic N) is 2. The Bertz CT molecular complexity index is 404. The van der Waals surface area contributed by atoms with Gasteiger partial charge in [-0.05, 0) is 12.3 Å². The van der Waals surface area contributed by atoms with Gasteiger partial charge in [0.1, 0.15) is 6.26 Å². The first-order chi connectivity index (χ1) is 8.11. The van der Waals surface area contributed by atoms with Gasteiger partial charge >= 0.3 is 5.97 Å². The Morgan fingerprint density at radius 3 is 3.06 bits per heavy atom. The zero-order valence-electron chi connectivity index (χ0n) is 9.92. The van der Waals surface area contributed by atoms with Crippen molar-refractivity contribution in [3.8, 4) is 0 Å². The van der Waals surface area contributed by atoms with E-state index in [9.17, 15) is 4.79 Å². The van der Waals surface area contributed by atoms with E-state index >= 15 is 0 Å². The van der Waals surface area contributed by atoms with Crippen LogP contribution in [0.2, 0.25) is 0 Å². The minimum absolute atomic E-state index is 0.0624. The lowest BCUT2D eigenvalue weighted by molar-refractivity contribution is 0.0486. The fourth-order valence-corrected chi connectivity index (χ4v) is 2.02. The lowest BCUT2D eigenvalue weighted by atomic mass is 9.96. The molecule has 17 heavy (non-hydrogen) atoms. The molecule has 1 fully saturated rings. The second kappa shape index (κ2) is 4.75. The van der Waals surface area contributed by atoms with Crippen molar-refractivity contribution >= 4 is 12.0 Å². The number of hydrogen-bond acceptors (Lipinski definition) is 5. The number of hydrogen-bond donors (Lipinski definition) is 1. The number of aromatic carboxylic acids is 1. The Balaban J connectivity index is 2.09. The van der Waals surface area contributed by atoms with Gasteiger partial charge in [0.2, 0.25) is 0 Å². The summed E-state index contributed by atoms with van der Waals surface area (Å²) in [5.41, 5.74) is -0.0624. The van der Waals surface area contributed by atoms with Gasteiger partial charge in [-0.15, -0.1) is 0 Å². The van der Waals surface area contributed by atoms with E-state index in [-0.39, 0.29) is 11.8 Å². The van der Waals surface area contributed by atoms with E-state index in [4.69, 9.17) is 14.3 Å². The van der Waals surface area contributed by atoms with E-state index < -0.39 is 5.97 Å². The predicted molar refractivity (Wildman–Crippen MR) is 60.3 cm³/mol. The Labute approximate surface area is 99.2 Å². The molecule has 0 saturated carbocycles. The molecule has 1 aromatic heterocycles. The lowest BCUT2D eigenvalue weighted by Gasteiger charge is -2.35. The van der Waals surface area contributed by atoms with Crippen LogP contribution < -0.4 is 4.90 Å². The number of rotatable bonds is 3. The molecule has 1 aliphatic rings. The van der Waals surface area contributed by atoms with Crippen molar-refractivity contribution in [3.05, 3.63) is 12.0 Å². The molecule has 2 unspecified atom stereocenters. The topological polar surface area (TPSA) is 75.8 Å². The first-order valence-corrected chi connectivity index (χ1v) is 5.58. The third-order valence-corrected chi connectivity index (χ3v) is 3.17. The van der Waals surface area contributed by atoms with Crippen molar-refractivity contribution in [2.75, 3.05) is 25.1 Å². The minimum Gasteiger partial charge on any atom is -0.476 e. The summed E-state index contributed by atoms with van der Waals surface area (Å²) in [6.07, 6.45) is 2.27. The van der Waals surface area contributed by atoms with Gasteiger partial charge in [-0.3, -0.25) is 0 Å². The zero-order valence-corrected chi connectivity index (χ0v) is 9.92. The molecule has 0 aliphatic carbocycles. The van der Waals surface area contributed by atoms with Crippen molar-refractivity contribution in [2.24, 2.45) is 5.92 Å². The van der Waals surface area contributed by atoms with Gasteiger partial charge in [0, 0.05) is 20.2 Å². The first-order valence-electron chi connectivity index (χ1n) is 5.58. The van der Waals surface area contributed by atoms with Gasteiger partial charge in [-0.1, -0.05) is 6.92 Å². The van der Waals surface area contributed by atoms with E-state index in [1.165, 1.54) is 0 Å². The summed E-state index contributed by atoms with van der Waals surface area (Å²) >= 11 is 0. The highest BCUT2D eigenvalue weighted by atomic mass is 16.5. The predicted octanol–water partition coefficient (Wildman–Crippen LogP) is 1.23. The van der Waals surface area contributed by atoms with E-state index in [1.807, 2.05) is 4.90 Å². The molecular weight excluding hydrogens is 224 g/mol. The molecule has 1 aliphatic heterocycles. The van der Waals surface area contributed by atoms with E-state index in [2.05, 4.69) is 11.9 Å². The standard InChI is InChI=1S/C11H16N2O4/c1-7-3-4-13(5-9(7)16-2)11-12-8(6-17-11)10(14)15/h6-7,9H,3-5H2,1-2H3,(H,14,15). The second-order valence-electron chi connectivity index (χ2n) is 4.31. The SMILES string of the molecule is COC1CN(c2nc(C(=O)O)co2)CCC1C. The second-order valence-corrected chi connectivity index (χ2v) is 4.31. The summed E-state index contributed by atoms with van der Waals surface area (Å²) in [7, 11) is 1.68. The van der Waals surface area contributed by atoms with Crippen LogP contribution in [0, 0.1) is 5.92 Å². The number of oxazole rings is 1. The number of piperidine rings is 1. The van der Waals surface area contributed by atoms with Crippen LogP contribution >= 0.6 is 0 Å². The molecule has 0 amide bonds. The minimum atomic E-state index is -1.08. The van der Waals surface area contributed by atoms with Crippen molar-refractivity contribution in [1.29, 1.82) is 0 Å². The maximum Gasteiger partial charge on any atom is 0.357 e. The number of carboxylic acid groups (broad SMARTS) is 1. The Hall–Kier alpha value is -1.56. The van der Waals surface area contributed by atoms with Gasteiger partial charge in [-0.25, -0.2) is 4.79 Å². The smallest absolute Gasteiger partial charge is 0.357 e. The highest BCUT2D eigenvalue weighted by molar-refractivity contribution is 5.85. The molecule has 0 radical (unpaired) electrons. The molecule has 2 heterocycles. The van der Waals surface area contributed by atoms with Crippen molar-refractivity contribution in [3.63, 3.8) is 0 Å². The molecular formula is C11H16N2O4. The highest BCUT2D eigenvalue weighted by Crippen LogP contribution is 2.24. The van der Waals surface area contributed by atoms with Crippen LogP contribution in [0.15, 0.2) is 10.7 Å². The number of ether oxygens (including phenoxy) is 1. The summed E-state index contributed by atoms with van der Waals surface area (Å²) in [5, 5.41) is 8.77. The Morgan fingerprint density at radius 1 is 1.71 bits per heavy atom. The maximum atomic E-state index is 10.7. The molecule has 1 saturated heterocycles. The van der Waals surface area contributed by atoms with Gasteiger partial charge in [0.05, 0.1) is 6.10 Å². The molecule has 0 aromatic carbocycles. The molecule has 6 heteroatoms. The third kappa shape index (κ3) is 2.41. The van der Waals surface area contributed by atoms with Crippen LogP contribution in [0.4, 0.5) is 6.01 Å². The van der Waals surface area contributed by atoms with Crippen molar-refractivity contribution < 1.29 is 19.1 Å². The van der Waals surface area contributed by atoms with Crippen LogP contribution in [-0.4, -0.2) is 42.4 Å². The van der Waals surface area contributed by atoms with Crippen molar-refractivity contribution in [2.45, 2.75) is 19.4 Å². The Morgan fingerprint density at radius 2 is 2.47 bits per heavy atom. The number of anilines is 1. The monoisotopic (exact) mass is 240 g/mol. The van der Waals surface area contributed by atoms with Gasteiger partial charge in [0.15, 0.2) is 5.69 Å². The number of aromatic nitrogens is 1. The van der Waals surface area contributed by atoms with Gasteiger partial charge in [0.25, 0.3) is 6.01 Å². The molecule has 6 nitrogen and oxygen atoms in total. The van der Waals surface area contributed by atoms with Crippen LogP contribution in [0.25, 0.3) is 0 Å². The molecule has 0 bridgehead atoms. The summed E-state index contributed by atoms with van der Waals surface area (Å²) in [6.45, 7) is 3.63. The van der Waals surface area contributed by atoms with Gasteiger partial charge in [-0.2, -0.15) is 4.98 Å². The number of methoxy groups -OCH3 is 1. The summed E-state index contributed by atoms with van der Waals surface area (Å²) in [6, 6.07) is 0.358. The van der Waals surface area contributed by atoms with Crippen molar-refractivity contribution in [1.82, 2.24) is 4.98 Å². The van der Waals surface area contributed by atoms with E-state index in [1.54, 1.807) is 7.11 Å². The molecule has 1 N–H and O–H groups in total. The molecule has 94 valence electrons. The summed E-state index contributed by atoms with van der Waals surface area (Å²) < 4.78 is 10.6. The van der Waals surface area contributed by atoms with Crippen LogP contribution in [0.5, 0.6) is 0 Å². The maximum absolute atomic E-state index is 10.7. The zero-order chi connectivity index (χ0) is 12.4. The molecule has 2 rings (SSSR count). The quantitative estimate of drug-likeness (QED) is 0.856. The molecule has 0 spiro atoms. The number of carbonyl (C=O) groups is 1. The Kier molecular flexibility index (Phi) is 3.33. The summed E-state index contributed by atoms with van der Waals surface area (Å²) in [4.78, 5) is 16.6. The highest BCUT2D eigenvalue weighted by Gasteiger charge is 2.28. The fourth-order valence-electron chi connectivity index (χ4n) is 2.02. The lowest BCUT2D eigenvalue weighted by Crippen LogP contribution is -2.44. The van der Waals surface area contributed by atoms with Crippen LogP contribution in [0.1, 0.15) is 23.8 Å². The number of carboxylic acids is 1. The average molecular weight is 240 g/mol. The average Bonchev–Trinajstić information content (AvgIpc) is 2.79. The fraction of sp³-hybridized carbons (Fsp3) is 0.636. The largest absolute Gasteiger partial charge is 0.476 e. The summed E-state index contributed by atoms with van der Waals surface area (Å²) in [5.74, 6) is -0.584. The van der Waals surface area contributed by atoms with Crippen LogP contribution in [-0.2, 0) is 4.74 Å². The molecule has 1 aromatic rings. The van der Waals surface area contributed by atoms with E-state index in [0.29, 0.717) is 18.5 Å². The molecule has 2 atom stereocenters. The van der Waals surface area contributed by atoms with Crippen LogP contribution in [0.3, 0.4) is 0 Å². The van der Waals surface area contributed by atoms with Gasteiger partial charge < -0.3 is 19.2 Å². The normalized spacial score (nSPS) is 24.9. The first kappa shape index (κ1) is 11.9. The van der Waals surface area contributed by atoms with E-state index in [0.717, 1.165) is 19.2 Å².